The molecule has 0 aromatic heterocycles. The first kappa shape index (κ1) is 18.4. The van der Waals surface area contributed by atoms with E-state index in [9.17, 15) is 4.39 Å². The van der Waals surface area contributed by atoms with E-state index in [4.69, 9.17) is 14.8 Å². The van der Waals surface area contributed by atoms with Gasteiger partial charge >= 0.3 is 7.12 Å². The Morgan fingerprint density at radius 1 is 1.30 bits per heavy atom. The van der Waals surface area contributed by atoms with E-state index in [1.807, 2.05) is 45.9 Å². The highest BCUT2D eigenvalue weighted by Gasteiger charge is 2.16. The maximum Gasteiger partial charge on any atom is 0.491 e. The first-order chi connectivity index (χ1) is 9.58. The number of hydrogen-bond donors (Lipinski definition) is 2. The summed E-state index contributed by atoms with van der Waals surface area (Å²) in [5.74, 6) is -0.351. The molecule has 0 aliphatic rings. The summed E-state index contributed by atoms with van der Waals surface area (Å²) in [7, 11) is -1.81. The molecule has 5 heteroatoms. The average molecular weight is 280 g/mol. The Bertz CT molecular complexity index is 456. The van der Waals surface area contributed by atoms with Gasteiger partial charge in [-0.25, -0.2) is 4.39 Å². The number of allylic oxidation sites excluding steroid dienone is 2. The smallest absolute Gasteiger partial charge is 0.489 e. The van der Waals surface area contributed by atoms with E-state index < -0.39 is 12.9 Å². The van der Waals surface area contributed by atoms with Crippen LogP contribution in [-0.2, 0) is 0 Å². The predicted octanol–water partition coefficient (Wildman–Crippen LogP) is 2.43. The van der Waals surface area contributed by atoms with Crippen molar-refractivity contribution in [3.05, 3.63) is 47.8 Å². The Hall–Kier alpha value is -1.59. The van der Waals surface area contributed by atoms with Crippen molar-refractivity contribution in [2.75, 3.05) is 6.61 Å². The van der Waals surface area contributed by atoms with Crippen LogP contribution in [-0.4, -0.2) is 23.8 Å². The van der Waals surface area contributed by atoms with E-state index in [0.717, 1.165) is 11.6 Å². The molecule has 0 saturated carbocycles. The molecule has 2 N–H and O–H groups in total. The molecule has 0 radical (unpaired) electrons. The molecule has 0 heterocycles. The van der Waals surface area contributed by atoms with Gasteiger partial charge in [0, 0.05) is 11.5 Å². The van der Waals surface area contributed by atoms with Crippen molar-refractivity contribution >= 4 is 12.6 Å². The third-order valence-electron chi connectivity index (χ3n) is 2.41. The molecular formula is C15H22BFO3. The molecule has 0 amide bonds. The number of ether oxygens (including phenoxy) is 1. The SMILES string of the molecule is C/C=C\C(=C/C)COc1ccc(B(O)O)c(F)c1.CC. The van der Waals surface area contributed by atoms with Gasteiger partial charge in [-0.3, -0.25) is 0 Å². The minimum absolute atomic E-state index is 0.165. The molecule has 1 aromatic rings. The van der Waals surface area contributed by atoms with Gasteiger partial charge in [0.2, 0.25) is 0 Å². The summed E-state index contributed by atoms with van der Waals surface area (Å²) in [5, 5.41) is 17.8. The van der Waals surface area contributed by atoms with Gasteiger partial charge in [0.25, 0.3) is 0 Å². The van der Waals surface area contributed by atoms with Crippen molar-refractivity contribution in [2.24, 2.45) is 0 Å². The summed E-state index contributed by atoms with van der Waals surface area (Å²) in [6, 6.07) is 3.93. The minimum Gasteiger partial charge on any atom is -0.489 e. The lowest BCUT2D eigenvalue weighted by atomic mass is 9.80. The van der Waals surface area contributed by atoms with Crippen molar-refractivity contribution in [1.82, 2.24) is 0 Å². The fourth-order valence-corrected chi connectivity index (χ4v) is 1.42. The Labute approximate surface area is 120 Å². The van der Waals surface area contributed by atoms with Crippen molar-refractivity contribution in [2.45, 2.75) is 27.7 Å². The van der Waals surface area contributed by atoms with E-state index in [0.29, 0.717) is 12.4 Å². The maximum absolute atomic E-state index is 13.4. The van der Waals surface area contributed by atoms with Crippen LogP contribution in [0.15, 0.2) is 42.0 Å². The van der Waals surface area contributed by atoms with E-state index in [1.54, 1.807) is 0 Å². The van der Waals surface area contributed by atoms with Crippen LogP contribution in [0.25, 0.3) is 0 Å². The van der Waals surface area contributed by atoms with E-state index in [-0.39, 0.29) is 5.46 Å². The second-order valence-electron chi connectivity index (χ2n) is 3.71. The number of benzene rings is 1. The highest BCUT2D eigenvalue weighted by atomic mass is 19.1. The molecule has 0 spiro atoms. The van der Waals surface area contributed by atoms with Crippen LogP contribution in [0, 0.1) is 5.82 Å². The van der Waals surface area contributed by atoms with Gasteiger partial charge in [0.05, 0.1) is 0 Å². The lowest BCUT2D eigenvalue weighted by Gasteiger charge is -2.08. The van der Waals surface area contributed by atoms with E-state index in [2.05, 4.69) is 0 Å². The zero-order valence-corrected chi connectivity index (χ0v) is 12.4. The molecule has 0 bridgehead atoms. The summed E-state index contributed by atoms with van der Waals surface area (Å²) >= 11 is 0. The van der Waals surface area contributed by atoms with Crippen molar-refractivity contribution in [1.29, 1.82) is 0 Å². The predicted molar refractivity (Wildman–Crippen MR) is 81.6 cm³/mol. The van der Waals surface area contributed by atoms with Crippen LogP contribution in [0.2, 0.25) is 0 Å². The molecule has 1 aromatic carbocycles. The number of rotatable bonds is 5. The summed E-state index contributed by atoms with van der Waals surface area (Å²) < 4.78 is 18.8. The largest absolute Gasteiger partial charge is 0.491 e. The molecule has 0 fully saturated rings. The van der Waals surface area contributed by atoms with Gasteiger partial charge in [0.1, 0.15) is 18.2 Å². The molecule has 110 valence electrons. The third-order valence-corrected chi connectivity index (χ3v) is 2.41. The van der Waals surface area contributed by atoms with E-state index in [1.165, 1.54) is 12.1 Å². The zero-order valence-electron chi connectivity index (χ0n) is 12.4. The van der Waals surface area contributed by atoms with Crippen LogP contribution < -0.4 is 10.2 Å². The Morgan fingerprint density at radius 2 is 1.95 bits per heavy atom. The Balaban J connectivity index is 0.00000172. The Kier molecular flexibility index (Phi) is 9.42. The molecule has 0 atom stereocenters. The van der Waals surface area contributed by atoms with Gasteiger partial charge in [-0.15, -0.1) is 0 Å². The summed E-state index contributed by atoms with van der Waals surface area (Å²) in [6.07, 6.45) is 5.70. The molecule has 1 rings (SSSR count). The fraction of sp³-hybridized carbons (Fsp3) is 0.333. The molecule has 20 heavy (non-hydrogen) atoms. The second kappa shape index (κ2) is 10.2. The Morgan fingerprint density at radius 3 is 2.40 bits per heavy atom. The molecule has 0 saturated heterocycles. The normalized spacial score (nSPS) is 11.1. The summed E-state index contributed by atoms with van der Waals surface area (Å²) in [5.41, 5.74) is 0.811. The lowest BCUT2D eigenvalue weighted by molar-refractivity contribution is 0.353. The van der Waals surface area contributed by atoms with Gasteiger partial charge in [-0.2, -0.15) is 0 Å². The standard InChI is InChI=1S/C13H16BFO3.C2H6/c1-3-5-10(4-2)9-18-11-6-7-12(14(16)17)13(15)8-11;1-2/h3-8,16-17H,9H2,1-2H3;1-2H3/b5-3-,10-4+;. The van der Waals surface area contributed by atoms with Crippen LogP contribution in [0.3, 0.4) is 0 Å². The first-order valence-corrected chi connectivity index (χ1v) is 6.64. The lowest BCUT2D eigenvalue weighted by Crippen LogP contribution is -2.32. The second-order valence-corrected chi connectivity index (χ2v) is 3.71. The monoisotopic (exact) mass is 280 g/mol. The highest BCUT2D eigenvalue weighted by Crippen LogP contribution is 2.12. The van der Waals surface area contributed by atoms with Crippen LogP contribution in [0.1, 0.15) is 27.7 Å². The first-order valence-electron chi connectivity index (χ1n) is 6.64. The summed E-state index contributed by atoms with van der Waals surface area (Å²) in [4.78, 5) is 0. The maximum atomic E-state index is 13.4. The summed E-state index contributed by atoms with van der Waals surface area (Å²) in [6.45, 7) is 8.13. The quantitative estimate of drug-likeness (QED) is 0.643. The van der Waals surface area contributed by atoms with E-state index >= 15 is 0 Å². The minimum atomic E-state index is -1.81. The highest BCUT2D eigenvalue weighted by molar-refractivity contribution is 6.58. The number of hydrogen-bond acceptors (Lipinski definition) is 3. The third kappa shape index (κ3) is 6.04. The topological polar surface area (TPSA) is 49.7 Å². The van der Waals surface area contributed by atoms with Crippen LogP contribution in [0.4, 0.5) is 4.39 Å². The van der Waals surface area contributed by atoms with Crippen molar-refractivity contribution in [3.8, 4) is 5.75 Å². The van der Waals surface area contributed by atoms with Gasteiger partial charge < -0.3 is 14.8 Å². The van der Waals surface area contributed by atoms with Crippen LogP contribution in [0.5, 0.6) is 5.75 Å². The van der Waals surface area contributed by atoms with Crippen LogP contribution >= 0.6 is 0 Å². The molecule has 3 nitrogen and oxygen atoms in total. The van der Waals surface area contributed by atoms with Crippen molar-refractivity contribution < 1.29 is 19.2 Å². The fourth-order valence-electron chi connectivity index (χ4n) is 1.42. The van der Waals surface area contributed by atoms with Gasteiger partial charge in [0.15, 0.2) is 0 Å². The molecule has 0 unspecified atom stereocenters. The molecule has 0 aliphatic carbocycles. The zero-order chi connectivity index (χ0) is 15.5. The van der Waals surface area contributed by atoms with Gasteiger partial charge in [-0.05, 0) is 25.5 Å². The van der Waals surface area contributed by atoms with Gasteiger partial charge in [-0.1, -0.05) is 38.1 Å². The molecule has 0 aliphatic heterocycles. The average Bonchev–Trinajstić information content (AvgIpc) is 2.45. The van der Waals surface area contributed by atoms with Crippen molar-refractivity contribution in [3.63, 3.8) is 0 Å². The molecular weight excluding hydrogens is 258 g/mol. The number of halogens is 1.